The molecule has 1 aliphatic heterocycles. The Labute approximate surface area is 133 Å². The van der Waals surface area contributed by atoms with Gasteiger partial charge in [0, 0.05) is 18.1 Å². The van der Waals surface area contributed by atoms with Crippen molar-refractivity contribution in [1.29, 1.82) is 0 Å². The molecule has 122 valence electrons. The maximum Gasteiger partial charge on any atom is 0.160 e. The van der Waals surface area contributed by atoms with E-state index in [2.05, 4.69) is 0 Å². The first kappa shape index (κ1) is 15.5. The zero-order chi connectivity index (χ0) is 16.6. The lowest BCUT2D eigenvalue weighted by Gasteiger charge is -2.38. The van der Waals surface area contributed by atoms with Gasteiger partial charge in [0.15, 0.2) is 11.5 Å². The Kier molecular flexibility index (Phi) is 3.79. The average Bonchev–Trinajstić information content (AvgIpc) is 2.53. The Morgan fingerprint density at radius 2 is 2.00 bits per heavy atom. The summed E-state index contributed by atoms with van der Waals surface area (Å²) in [4.78, 5) is 0. The van der Waals surface area contributed by atoms with Gasteiger partial charge in [0.05, 0.1) is 7.11 Å². The largest absolute Gasteiger partial charge is 0.508 e. The summed E-state index contributed by atoms with van der Waals surface area (Å²) >= 11 is 0. The quantitative estimate of drug-likeness (QED) is 0.684. The van der Waals surface area contributed by atoms with Gasteiger partial charge < -0.3 is 29.9 Å². The number of fused-ring (bicyclic) bond motifs is 1. The van der Waals surface area contributed by atoms with Gasteiger partial charge >= 0.3 is 0 Å². The summed E-state index contributed by atoms with van der Waals surface area (Å²) in [7, 11) is 1.44. The first-order chi connectivity index (χ1) is 10.9. The highest BCUT2D eigenvalue weighted by atomic mass is 16.5. The highest BCUT2D eigenvalue weighted by Crippen LogP contribution is 2.41. The van der Waals surface area contributed by atoms with E-state index in [1.165, 1.54) is 31.4 Å². The summed E-state index contributed by atoms with van der Waals surface area (Å²) in [6, 6.07) is 9.08. The monoisotopic (exact) mass is 318 g/mol. The van der Waals surface area contributed by atoms with Crippen molar-refractivity contribution in [1.82, 2.24) is 0 Å². The SMILES string of the molecule is COc1cc(C[C@]2(O)COc3cc(O)ccc3[C@H]2O)ccc1O. The van der Waals surface area contributed by atoms with Crippen molar-refractivity contribution in [3.05, 3.63) is 47.5 Å². The van der Waals surface area contributed by atoms with E-state index >= 15 is 0 Å². The van der Waals surface area contributed by atoms with Gasteiger partial charge in [-0.3, -0.25) is 0 Å². The topological polar surface area (TPSA) is 99.4 Å². The molecule has 0 unspecified atom stereocenters. The third-order valence-electron chi connectivity index (χ3n) is 4.03. The molecule has 0 amide bonds. The van der Waals surface area contributed by atoms with Crippen molar-refractivity contribution in [3.8, 4) is 23.0 Å². The number of rotatable bonds is 3. The third-order valence-corrected chi connectivity index (χ3v) is 4.03. The second-order valence-corrected chi connectivity index (χ2v) is 5.70. The molecule has 2 atom stereocenters. The molecule has 3 rings (SSSR count). The van der Waals surface area contributed by atoms with Crippen LogP contribution in [0.4, 0.5) is 0 Å². The Morgan fingerprint density at radius 3 is 2.74 bits per heavy atom. The number of phenols is 2. The summed E-state index contributed by atoms with van der Waals surface area (Å²) in [5, 5.41) is 40.4. The number of hydrogen-bond acceptors (Lipinski definition) is 6. The van der Waals surface area contributed by atoms with Crippen LogP contribution in [0.1, 0.15) is 17.2 Å². The molecule has 6 nitrogen and oxygen atoms in total. The van der Waals surface area contributed by atoms with Gasteiger partial charge in [0.25, 0.3) is 0 Å². The van der Waals surface area contributed by atoms with E-state index in [4.69, 9.17) is 9.47 Å². The number of ether oxygens (including phenoxy) is 2. The molecule has 0 saturated heterocycles. The van der Waals surface area contributed by atoms with Crippen LogP contribution in [-0.4, -0.2) is 39.7 Å². The molecule has 0 spiro atoms. The van der Waals surface area contributed by atoms with Crippen LogP contribution in [-0.2, 0) is 6.42 Å². The second kappa shape index (κ2) is 5.64. The molecule has 2 aromatic carbocycles. The summed E-state index contributed by atoms with van der Waals surface area (Å²) in [6.07, 6.45) is -1.04. The summed E-state index contributed by atoms with van der Waals surface area (Å²) in [5.41, 5.74) is -0.416. The predicted molar refractivity (Wildman–Crippen MR) is 81.9 cm³/mol. The van der Waals surface area contributed by atoms with Crippen molar-refractivity contribution in [3.63, 3.8) is 0 Å². The van der Waals surface area contributed by atoms with Gasteiger partial charge in [-0.15, -0.1) is 0 Å². The first-order valence-corrected chi connectivity index (χ1v) is 7.15. The summed E-state index contributed by atoms with van der Waals surface area (Å²) in [6.45, 7) is -0.117. The molecule has 23 heavy (non-hydrogen) atoms. The molecule has 0 aliphatic carbocycles. The van der Waals surface area contributed by atoms with Gasteiger partial charge in [0.2, 0.25) is 0 Å². The molecular weight excluding hydrogens is 300 g/mol. The highest BCUT2D eigenvalue weighted by molar-refractivity contribution is 5.45. The van der Waals surface area contributed by atoms with Crippen LogP contribution >= 0.6 is 0 Å². The average molecular weight is 318 g/mol. The third kappa shape index (κ3) is 2.78. The fourth-order valence-corrected chi connectivity index (χ4v) is 2.78. The minimum Gasteiger partial charge on any atom is -0.508 e. The molecule has 0 radical (unpaired) electrons. The fourth-order valence-electron chi connectivity index (χ4n) is 2.78. The van der Waals surface area contributed by atoms with E-state index in [9.17, 15) is 20.4 Å². The number of aromatic hydroxyl groups is 2. The Balaban J connectivity index is 1.89. The molecule has 0 fully saturated rings. The molecule has 1 aliphatic rings. The van der Waals surface area contributed by atoms with Crippen LogP contribution in [0, 0.1) is 0 Å². The standard InChI is InChI=1S/C17H18O6/c1-22-15-6-10(2-5-13(15)19)8-17(21)9-23-14-7-11(18)3-4-12(14)16(17)20/h2-7,16,18-21H,8-9H2,1H3/t16-,17+/m1/s1. The van der Waals surface area contributed by atoms with Crippen LogP contribution in [0.5, 0.6) is 23.0 Å². The van der Waals surface area contributed by atoms with Crippen LogP contribution in [0.2, 0.25) is 0 Å². The van der Waals surface area contributed by atoms with Crippen molar-refractivity contribution in [2.75, 3.05) is 13.7 Å². The zero-order valence-electron chi connectivity index (χ0n) is 12.6. The Hall–Kier alpha value is -2.44. The van der Waals surface area contributed by atoms with Gasteiger partial charge in [0.1, 0.15) is 29.8 Å². The molecular formula is C17H18O6. The smallest absolute Gasteiger partial charge is 0.160 e. The maximum absolute atomic E-state index is 10.8. The van der Waals surface area contributed by atoms with Crippen LogP contribution < -0.4 is 9.47 Å². The fraction of sp³-hybridized carbons (Fsp3) is 0.294. The van der Waals surface area contributed by atoms with Crippen molar-refractivity contribution in [2.24, 2.45) is 0 Å². The minimum atomic E-state index is -1.52. The highest BCUT2D eigenvalue weighted by Gasteiger charge is 2.42. The summed E-state index contributed by atoms with van der Waals surface area (Å²) < 4.78 is 10.5. The van der Waals surface area contributed by atoms with Gasteiger partial charge in [-0.2, -0.15) is 0 Å². The van der Waals surface area contributed by atoms with E-state index in [0.29, 0.717) is 22.6 Å². The van der Waals surface area contributed by atoms with E-state index in [1.807, 2.05) is 0 Å². The maximum atomic E-state index is 10.8. The Morgan fingerprint density at radius 1 is 1.22 bits per heavy atom. The van der Waals surface area contributed by atoms with Gasteiger partial charge in [-0.1, -0.05) is 6.07 Å². The second-order valence-electron chi connectivity index (χ2n) is 5.70. The first-order valence-electron chi connectivity index (χ1n) is 7.15. The normalized spacial score (nSPS) is 23.0. The lowest BCUT2D eigenvalue weighted by Crippen LogP contribution is -2.47. The Bertz CT molecular complexity index is 729. The molecule has 0 bridgehead atoms. The van der Waals surface area contributed by atoms with Gasteiger partial charge in [-0.05, 0) is 29.8 Å². The van der Waals surface area contributed by atoms with Crippen molar-refractivity contribution < 1.29 is 29.9 Å². The number of methoxy groups -OCH3 is 1. The van der Waals surface area contributed by atoms with Crippen LogP contribution in [0.25, 0.3) is 0 Å². The van der Waals surface area contributed by atoms with Crippen molar-refractivity contribution >= 4 is 0 Å². The van der Waals surface area contributed by atoms with Crippen LogP contribution in [0.3, 0.4) is 0 Å². The lowest BCUT2D eigenvalue weighted by atomic mass is 9.84. The number of benzene rings is 2. The minimum absolute atomic E-state index is 0.00417. The van der Waals surface area contributed by atoms with Crippen molar-refractivity contribution in [2.45, 2.75) is 18.1 Å². The molecule has 0 aromatic heterocycles. The molecule has 1 heterocycles. The number of hydrogen-bond donors (Lipinski definition) is 4. The number of aliphatic hydroxyl groups excluding tert-OH is 1. The predicted octanol–water partition coefficient (Wildman–Crippen LogP) is 1.51. The molecule has 4 N–H and O–H groups in total. The van der Waals surface area contributed by atoms with E-state index in [-0.39, 0.29) is 24.5 Å². The van der Waals surface area contributed by atoms with E-state index in [0.717, 1.165) is 0 Å². The van der Waals surface area contributed by atoms with E-state index < -0.39 is 11.7 Å². The number of aliphatic hydroxyl groups is 2. The molecule has 0 saturated carbocycles. The summed E-state index contributed by atoms with van der Waals surface area (Å²) in [5.74, 6) is 0.683. The van der Waals surface area contributed by atoms with E-state index in [1.54, 1.807) is 12.1 Å². The molecule has 2 aromatic rings. The van der Waals surface area contributed by atoms with Gasteiger partial charge in [-0.25, -0.2) is 0 Å². The molecule has 6 heteroatoms. The lowest BCUT2D eigenvalue weighted by molar-refractivity contribution is -0.114. The van der Waals surface area contributed by atoms with Crippen LogP contribution in [0.15, 0.2) is 36.4 Å². The zero-order valence-corrected chi connectivity index (χ0v) is 12.6. The number of phenolic OH excluding ortho intramolecular Hbond substituents is 2.